The molecular formula is C10H12N4. The average Bonchev–Trinajstić information content (AvgIpc) is 2.85. The van der Waals surface area contributed by atoms with Crippen LogP contribution >= 0.6 is 0 Å². The van der Waals surface area contributed by atoms with Crippen LogP contribution in [0.4, 0.5) is 0 Å². The Morgan fingerprint density at radius 2 is 2.36 bits per heavy atom. The van der Waals surface area contributed by atoms with Crippen molar-refractivity contribution < 1.29 is 0 Å². The molecule has 14 heavy (non-hydrogen) atoms. The zero-order valence-corrected chi connectivity index (χ0v) is 7.85. The van der Waals surface area contributed by atoms with Crippen molar-refractivity contribution in [3.05, 3.63) is 30.2 Å². The lowest BCUT2D eigenvalue weighted by Crippen LogP contribution is -2.15. The van der Waals surface area contributed by atoms with Crippen LogP contribution in [-0.2, 0) is 0 Å². The van der Waals surface area contributed by atoms with Gasteiger partial charge in [0.15, 0.2) is 11.5 Å². The minimum absolute atomic E-state index is 0.382. The van der Waals surface area contributed by atoms with Gasteiger partial charge < -0.3 is 5.32 Å². The molecule has 4 nitrogen and oxygen atoms in total. The third-order valence-corrected chi connectivity index (χ3v) is 2.71. The number of hydrogen-bond acceptors (Lipinski definition) is 3. The van der Waals surface area contributed by atoms with Crippen LogP contribution in [0.5, 0.6) is 0 Å². The van der Waals surface area contributed by atoms with E-state index in [1.165, 1.54) is 6.42 Å². The Bertz CT molecular complexity index is 442. The van der Waals surface area contributed by atoms with E-state index < -0.39 is 0 Å². The fraction of sp³-hybridized carbons (Fsp3) is 0.400. The van der Waals surface area contributed by atoms with Crippen molar-refractivity contribution in [3.8, 4) is 0 Å². The highest BCUT2D eigenvalue weighted by Crippen LogP contribution is 2.21. The molecule has 2 aromatic heterocycles. The minimum atomic E-state index is 0.382. The summed E-state index contributed by atoms with van der Waals surface area (Å²) in [7, 11) is 0. The molecule has 1 aliphatic rings. The maximum absolute atomic E-state index is 4.23. The van der Waals surface area contributed by atoms with E-state index in [0.29, 0.717) is 6.04 Å². The van der Waals surface area contributed by atoms with Crippen molar-refractivity contribution in [2.24, 2.45) is 0 Å². The van der Waals surface area contributed by atoms with Crippen LogP contribution in [0.15, 0.2) is 24.4 Å². The van der Waals surface area contributed by atoms with Gasteiger partial charge in [0.05, 0.1) is 6.04 Å². The molecular weight excluding hydrogens is 176 g/mol. The number of aromatic nitrogens is 3. The van der Waals surface area contributed by atoms with Gasteiger partial charge >= 0.3 is 0 Å². The molecule has 0 spiro atoms. The van der Waals surface area contributed by atoms with Crippen molar-refractivity contribution in [1.82, 2.24) is 19.9 Å². The lowest BCUT2D eigenvalue weighted by molar-refractivity contribution is 0.598. The first kappa shape index (κ1) is 7.94. The molecule has 0 aliphatic carbocycles. The van der Waals surface area contributed by atoms with Crippen molar-refractivity contribution >= 4 is 5.65 Å². The highest BCUT2D eigenvalue weighted by Gasteiger charge is 2.20. The second kappa shape index (κ2) is 3.06. The van der Waals surface area contributed by atoms with Crippen LogP contribution in [0.1, 0.15) is 24.7 Å². The first-order chi connectivity index (χ1) is 6.95. The standard InChI is InChI=1S/C10H12N4/c1-2-7-14-9(5-1)12-13-10(14)8-4-3-6-11-8/h1-2,5,7-8,11H,3-4,6H2/t8-/m1/s1. The summed E-state index contributed by atoms with van der Waals surface area (Å²) in [6.07, 6.45) is 4.41. The third kappa shape index (κ3) is 1.11. The van der Waals surface area contributed by atoms with Gasteiger partial charge in [-0.3, -0.25) is 4.40 Å². The Labute approximate surface area is 82.0 Å². The number of nitrogens with one attached hydrogen (secondary N) is 1. The summed E-state index contributed by atoms with van der Waals surface area (Å²) in [5, 5.41) is 11.8. The zero-order valence-electron chi connectivity index (χ0n) is 7.85. The van der Waals surface area contributed by atoms with Crippen LogP contribution in [0.3, 0.4) is 0 Å². The SMILES string of the molecule is c1ccn2c([C@H]3CCCN3)nnc2c1. The molecule has 1 fully saturated rings. The first-order valence-electron chi connectivity index (χ1n) is 4.98. The molecule has 1 aliphatic heterocycles. The second-order valence-corrected chi connectivity index (χ2v) is 3.64. The van der Waals surface area contributed by atoms with Crippen LogP contribution in [0.25, 0.3) is 5.65 Å². The molecule has 72 valence electrons. The lowest BCUT2D eigenvalue weighted by atomic mass is 10.2. The Balaban J connectivity index is 2.11. The molecule has 3 rings (SSSR count). The van der Waals surface area contributed by atoms with Gasteiger partial charge in [0, 0.05) is 6.20 Å². The summed E-state index contributed by atoms with van der Waals surface area (Å²) in [6.45, 7) is 1.09. The smallest absolute Gasteiger partial charge is 0.160 e. The summed E-state index contributed by atoms with van der Waals surface area (Å²) in [5.74, 6) is 1.04. The van der Waals surface area contributed by atoms with Crippen LogP contribution in [0.2, 0.25) is 0 Å². The largest absolute Gasteiger partial charge is 0.307 e. The maximum atomic E-state index is 4.23. The molecule has 0 bridgehead atoms. The van der Waals surface area contributed by atoms with Gasteiger partial charge in [-0.2, -0.15) is 0 Å². The van der Waals surface area contributed by atoms with Gasteiger partial charge in [-0.15, -0.1) is 10.2 Å². The summed E-state index contributed by atoms with van der Waals surface area (Å²) in [5.41, 5.74) is 0.927. The third-order valence-electron chi connectivity index (χ3n) is 2.71. The summed E-state index contributed by atoms with van der Waals surface area (Å²) < 4.78 is 2.06. The summed E-state index contributed by atoms with van der Waals surface area (Å²) in [4.78, 5) is 0. The van der Waals surface area contributed by atoms with Crippen molar-refractivity contribution in [3.63, 3.8) is 0 Å². The van der Waals surface area contributed by atoms with Crippen molar-refractivity contribution in [2.75, 3.05) is 6.54 Å². The lowest BCUT2D eigenvalue weighted by Gasteiger charge is -2.06. The van der Waals surface area contributed by atoms with E-state index in [2.05, 4.69) is 19.9 Å². The zero-order chi connectivity index (χ0) is 9.38. The quantitative estimate of drug-likeness (QED) is 0.730. The number of fused-ring (bicyclic) bond motifs is 1. The van der Waals surface area contributed by atoms with E-state index in [9.17, 15) is 0 Å². The van der Waals surface area contributed by atoms with E-state index in [1.54, 1.807) is 0 Å². The fourth-order valence-electron chi connectivity index (χ4n) is 2.00. The fourth-order valence-corrected chi connectivity index (χ4v) is 2.00. The Hall–Kier alpha value is -1.42. The Kier molecular flexibility index (Phi) is 1.73. The molecule has 1 saturated heterocycles. The highest BCUT2D eigenvalue weighted by atomic mass is 15.3. The average molecular weight is 188 g/mol. The number of pyridine rings is 1. The van der Waals surface area contributed by atoms with Gasteiger partial charge in [-0.05, 0) is 31.5 Å². The molecule has 0 aromatic carbocycles. The van der Waals surface area contributed by atoms with Crippen LogP contribution in [-0.4, -0.2) is 21.1 Å². The summed E-state index contributed by atoms with van der Waals surface area (Å²) in [6, 6.07) is 6.35. The van der Waals surface area contributed by atoms with Gasteiger partial charge in [0.2, 0.25) is 0 Å². The normalized spacial score (nSPS) is 21.9. The van der Waals surface area contributed by atoms with E-state index in [-0.39, 0.29) is 0 Å². The van der Waals surface area contributed by atoms with E-state index in [4.69, 9.17) is 0 Å². The monoisotopic (exact) mass is 188 g/mol. The molecule has 2 aromatic rings. The van der Waals surface area contributed by atoms with Gasteiger partial charge in [0.25, 0.3) is 0 Å². The molecule has 1 N–H and O–H groups in total. The molecule has 0 unspecified atom stereocenters. The van der Waals surface area contributed by atoms with Crippen molar-refractivity contribution in [1.29, 1.82) is 0 Å². The molecule has 3 heterocycles. The molecule has 1 atom stereocenters. The molecule has 4 heteroatoms. The maximum Gasteiger partial charge on any atom is 0.160 e. The minimum Gasteiger partial charge on any atom is -0.307 e. The van der Waals surface area contributed by atoms with Gasteiger partial charge in [0.1, 0.15) is 0 Å². The van der Waals surface area contributed by atoms with Crippen LogP contribution < -0.4 is 5.32 Å². The number of rotatable bonds is 1. The van der Waals surface area contributed by atoms with E-state index in [1.807, 2.05) is 24.4 Å². The van der Waals surface area contributed by atoms with Gasteiger partial charge in [-0.1, -0.05) is 6.07 Å². The molecule has 0 radical (unpaired) electrons. The molecule has 0 amide bonds. The van der Waals surface area contributed by atoms with E-state index in [0.717, 1.165) is 24.4 Å². The number of nitrogens with zero attached hydrogens (tertiary/aromatic N) is 3. The Morgan fingerprint density at radius 3 is 3.21 bits per heavy atom. The molecule has 0 saturated carbocycles. The predicted octanol–water partition coefficient (Wildman–Crippen LogP) is 1.15. The number of hydrogen-bond donors (Lipinski definition) is 1. The first-order valence-corrected chi connectivity index (χ1v) is 4.98. The topological polar surface area (TPSA) is 42.2 Å². The van der Waals surface area contributed by atoms with E-state index >= 15 is 0 Å². The van der Waals surface area contributed by atoms with Gasteiger partial charge in [-0.25, -0.2) is 0 Å². The second-order valence-electron chi connectivity index (χ2n) is 3.64. The van der Waals surface area contributed by atoms with Crippen molar-refractivity contribution in [2.45, 2.75) is 18.9 Å². The summed E-state index contributed by atoms with van der Waals surface area (Å²) >= 11 is 0. The predicted molar refractivity (Wildman–Crippen MR) is 53.0 cm³/mol. The highest BCUT2D eigenvalue weighted by molar-refractivity contribution is 5.37. The Morgan fingerprint density at radius 1 is 1.36 bits per heavy atom. The van der Waals surface area contributed by atoms with Crippen LogP contribution in [0, 0.1) is 0 Å².